The first-order valence-corrected chi connectivity index (χ1v) is 9.05. The summed E-state index contributed by atoms with van der Waals surface area (Å²) in [5.41, 5.74) is 0.957. The highest BCUT2D eigenvalue weighted by Crippen LogP contribution is 2.33. The molecule has 0 saturated carbocycles. The third-order valence-electron chi connectivity index (χ3n) is 4.67. The molecule has 9 nitrogen and oxygen atoms in total. The molecule has 3 aromatic rings. The molecule has 2 N–H and O–H groups in total. The molecule has 1 atom stereocenters. The van der Waals surface area contributed by atoms with Gasteiger partial charge in [0.25, 0.3) is 5.91 Å². The maximum Gasteiger partial charge on any atom is 0.341 e. The van der Waals surface area contributed by atoms with Crippen molar-refractivity contribution in [3.8, 4) is 28.5 Å². The molecule has 0 spiro atoms. The Hall–Kier alpha value is -4.01. The molecule has 9 heteroatoms. The summed E-state index contributed by atoms with van der Waals surface area (Å²) in [6, 6.07) is 10.8. The standard InChI is InChI=1S/C21H18N2O7/c1-11(22-20(24)13-5-8-15-16(9-13)29-10-28-15)19-17(21(25)26)18(23-30-19)12-3-6-14(27-2)7-4-12/h3-9,11H,10H2,1-2H3,(H,22,24)(H,25,26). The lowest BCUT2D eigenvalue weighted by Crippen LogP contribution is -2.27. The Bertz CT molecular complexity index is 1110. The van der Waals surface area contributed by atoms with Gasteiger partial charge in [-0.3, -0.25) is 4.79 Å². The van der Waals surface area contributed by atoms with E-state index < -0.39 is 17.9 Å². The van der Waals surface area contributed by atoms with Gasteiger partial charge in [-0.2, -0.15) is 0 Å². The molecule has 1 amide bonds. The highest BCUT2D eigenvalue weighted by molar-refractivity contribution is 5.97. The van der Waals surface area contributed by atoms with Crippen LogP contribution in [0.2, 0.25) is 0 Å². The molecule has 0 aliphatic carbocycles. The van der Waals surface area contributed by atoms with Crippen LogP contribution in [0.4, 0.5) is 0 Å². The first-order chi connectivity index (χ1) is 14.5. The van der Waals surface area contributed by atoms with Gasteiger partial charge in [0.05, 0.1) is 13.2 Å². The summed E-state index contributed by atoms with van der Waals surface area (Å²) < 4.78 is 21.0. The second kappa shape index (κ2) is 7.78. The second-order valence-electron chi connectivity index (χ2n) is 6.57. The minimum Gasteiger partial charge on any atom is -0.497 e. The number of carboxylic acid groups (broad SMARTS) is 1. The van der Waals surface area contributed by atoms with Crippen molar-refractivity contribution < 1.29 is 33.4 Å². The van der Waals surface area contributed by atoms with Gasteiger partial charge in [-0.25, -0.2) is 4.79 Å². The topological polar surface area (TPSA) is 120 Å². The van der Waals surface area contributed by atoms with Crippen LogP contribution < -0.4 is 19.5 Å². The van der Waals surface area contributed by atoms with E-state index in [2.05, 4.69) is 10.5 Å². The van der Waals surface area contributed by atoms with Crippen molar-refractivity contribution in [1.82, 2.24) is 10.5 Å². The summed E-state index contributed by atoms with van der Waals surface area (Å²) in [7, 11) is 1.54. The lowest BCUT2D eigenvalue weighted by Gasteiger charge is -2.12. The number of hydrogen-bond donors (Lipinski definition) is 2. The van der Waals surface area contributed by atoms with E-state index >= 15 is 0 Å². The number of nitrogens with zero attached hydrogens (tertiary/aromatic N) is 1. The van der Waals surface area contributed by atoms with Crippen LogP contribution in [-0.4, -0.2) is 36.0 Å². The summed E-state index contributed by atoms with van der Waals surface area (Å²) in [5, 5.41) is 16.4. The summed E-state index contributed by atoms with van der Waals surface area (Å²) in [6.45, 7) is 1.72. The number of hydrogen-bond acceptors (Lipinski definition) is 7. The quantitative estimate of drug-likeness (QED) is 0.635. The largest absolute Gasteiger partial charge is 0.497 e. The van der Waals surface area contributed by atoms with Crippen molar-refractivity contribution in [2.45, 2.75) is 13.0 Å². The number of rotatable bonds is 6. The number of nitrogens with one attached hydrogen (secondary N) is 1. The first kappa shape index (κ1) is 19.3. The van der Waals surface area contributed by atoms with E-state index in [4.69, 9.17) is 18.7 Å². The molecule has 1 aliphatic rings. The van der Waals surface area contributed by atoms with Crippen LogP contribution in [-0.2, 0) is 0 Å². The van der Waals surface area contributed by atoms with Gasteiger partial charge in [0.1, 0.15) is 17.0 Å². The first-order valence-electron chi connectivity index (χ1n) is 9.05. The maximum absolute atomic E-state index is 12.6. The molecule has 0 fully saturated rings. The summed E-state index contributed by atoms with van der Waals surface area (Å²) >= 11 is 0. The van der Waals surface area contributed by atoms with Gasteiger partial charge in [-0.05, 0) is 49.4 Å². The highest BCUT2D eigenvalue weighted by atomic mass is 16.7. The number of fused-ring (bicyclic) bond motifs is 1. The summed E-state index contributed by atoms with van der Waals surface area (Å²) in [5.74, 6) is 0.0852. The fourth-order valence-electron chi connectivity index (χ4n) is 3.13. The van der Waals surface area contributed by atoms with Crippen molar-refractivity contribution in [1.29, 1.82) is 0 Å². The average Bonchev–Trinajstić information content (AvgIpc) is 3.40. The number of aromatic carboxylic acids is 1. The lowest BCUT2D eigenvalue weighted by molar-refractivity contribution is 0.0692. The van der Waals surface area contributed by atoms with Gasteiger partial charge in [0.15, 0.2) is 17.3 Å². The zero-order chi connectivity index (χ0) is 21.3. The van der Waals surface area contributed by atoms with E-state index in [1.807, 2.05) is 0 Å². The van der Waals surface area contributed by atoms with Crippen LogP contribution >= 0.6 is 0 Å². The number of carbonyl (C=O) groups excluding carboxylic acids is 1. The molecule has 0 bridgehead atoms. The van der Waals surface area contributed by atoms with E-state index in [-0.39, 0.29) is 23.8 Å². The van der Waals surface area contributed by atoms with E-state index in [1.54, 1.807) is 49.4 Å². The van der Waals surface area contributed by atoms with Gasteiger partial charge in [-0.15, -0.1) is 0 Å². The zero-order valence-electron chi connectivity index (χ0n) is 16.2. The predicted octanol–water partition coefficient (Wildman–Crippen LogP) is 3.27. The molecule has 1 aliphatic heterocycles. The number of amides is 1. The van der Waals surface area contributed by atoms with Crippen LogP contribution in [0.1, 0.15) is 39.4 Å². The fraction of sp³-hybridized carbons (Fsp3) is 0.190. The number of carboxylic acids is 1. The number of ether oxygens (including phenoxy) is 3. The number of carbonyl (C=O) groups is 2. The monoisotopic (exact) mass is 410 g/mol. The van der Waals surface area contributed by atoms with Crippen molar-refractivity contribution in [3.63, 3.8) is 0 Å². The number of aromatic nitrogens is 1. The van der Waals surface area contributed by atoms with Gasteiger partial charge in [-0.1, -0.05) is 5.16 Å². The Kier molecular flexibility index (Phi) is 5.01. The highest BCUT2D eigenvalue weighted by Gasteiger charge is 2.28. The van der Waals surface area contributed by atoms with E-state index in [0.29, 0.717) is 28.4 Å². The van der Waals surface area contributed by atoms with Crippen molar-refractivity contribution in [2.75, 3.05) is 13.9 Å². The molecule has 2 heterocycles. The van der Waals surface area contributed by atoms with E-state index in [1.165, 1.54) is 7.11 Å². The zero-order valence-corrected chi connectivity index (χ0v) is 16.2. The van der Waals surface area contributed by atoms with Gasteiger partial charge in [0.2, 0.25) is 6.79 Å². The van der Waals surface area contributed by atoms with Gasteiger partial charge < -0.3 is 29.2 Å². The summed E-state index contributed by atoms with van der Waals surface area (Å²) in [6.07, 6.45) is 0. The van der Waals surface area contributed by atoms with Gasteiger partial charge >= 0.3 is 5.97 Å². The van der Waals surface area contributed by atoms with Crippen LogP contribution in [0.25, 0.3) is 11.3 Å². The van der Waals surface area contributed by atoms with Crippen LogP contribution in [0, 0.1) is 0 Å². The molecule has 154 valence electrons. The molecular formula is C21H18N2O7. The summed E-state index contributed by atoms with van der Waals surface area (Å²) in [4.78, 5) is 24.5. The van der Waals surface area contributed by atoms with E-state index in [0.717, 1.165) is 0 Å². The Balaban J connectivity index is 1.59. The number of methoxy groups -OCH3 is 1. The Labute approximate surface area is 171 Å². The molecular weight excluding hydrogens is 392 g/mol. The molecule has 0 radical (unpaired) electrons. The normalized spacial score (nSPS) is 13.0. The molecule has 30 heavy (non-hydrogen) atoms. The van der Waals surface area contributed by atoms with Crippen molar-refractivity contribution >= 4 is 11.9 Å². The third kappa shape index (κ3) is 3.52. The Morgan fingerprint density at radius 3 is 2.57 bits per heavy atom. The van der Waals surface area contributed by atoms with Gasteiger partial charge in [0, 0.05) is 11.1 Å². The van der Waals surface area contributed by atoms with Crippen LogP contribution in [0.3, 0.4) is 0 Å². The van der Waals surface area contributed by atoms with Crippen molar-refractivity contribution in [3.05, 3.63) is 59.4 Å². The molecule has 2 aromatic carbocycles. The lowest BCUT2D eigenvalue weighted by atomic mass is 10.0. The predicted molar refractivity (Wildman–Crippen MR) is 104 cm³/mol. The van der Waals surface area contributed by atoms with Crippen LogP contribution in [0.15, 0.2) is 47.0 Å². The number of benzene rings is 2. The second-order valence-corrected chi connectivity index (χ2v) is 6.57. The molecule has 1 unspecified atom stereocenters. The third-order valence-corrected chi connectivity index (χ3v) is 4.67. The maximum atomic E-state index is 12.6. The fourth-order valence-corrected chi connectivity index (χ4v) is 3.13. The Morgan fingerprint density at radius 1 is 1.13 bits per heavy atom. The van der Waals surface area contributed by atoms with E-state index in [9.17, 15) is 14.7 Å². The van der Waals surface area contributed by atoms with Crippen molar-refractivity contribution in [2.24, 2.45) is 0 Å². The SMILES string of the molecule is COc1ccc(-c2noc(C(C)NC(=O)c3ccc4c(c3)OCO4)c2C(=O)O)cc1. The smallest absolute Gasteiger partial charge is 0.341 e. The van der Waals surface area contributed by atoms with Crippen LogP contribution in [0.5, 0.6) is 17.2 Å². The average molecular weight is 410 g/mol. The minimum atomic E-state index is -1.21. The Morgan fingerprint density at radius 2 is 1.87 bits per heavy atom. The molecule has 1 aromatic heterocycles. The minimum absolute atomic E-state index is 0.0439. The molecule has 4 rings (SSSR count). The molecule has 0 saturated heterocycles.